The lowest BCUT2D eigenvalue weighted by Gasteiger charge is -2.27. The maximum absolute atomic E-state index is 12.7. The number of ether oxygens (including phenoxy) is 2. The van der Waals surface area contributed by atoms with Crippen LogP contribution in [0.3, 0.4) is 0 Å². The molecule has 1 aromatic carbocycles. The normalized spacial score (nSPS) is 23.0. The standard InChI is InChI=1S/C19H27F3O2/c1-3-14-4-6-16(7-5-14)13-24-17-10-8-15(9-11-17)12-18(23-2)19(20,21)22/h8-11,14,16,18H,3-7,12-13H2,1-2H3. The molecule has 1 aliphatic carbocycles. The van der Waals surface area contributed by atoms with Crippen LogP contribution in [0, 0.1) is 11.8 Å². The first kappa shape index (κ1) is 19.1. The van der Waals surface area contributed by atoms with Gasteiger partial charge < -0.3 is 9.47 Å². The van der Waals surface area contributed by atoms with Crippen molar-refractivity contribution in [1.29, 1.82) is 0 Å². The Bertz CT molecular complexity index is 476. The van der Waals surface area contributed by atoms with Crippen molar-refractivity contribution in [2.24, 2.45) is 11.8 Å². The second kappa shape index (κ2) is 8.75. The second-order valence-electron chi connectivity index (χ2n) is 6.72. The van der Waals surface area contributed by atoms with Crippen LogP contribution in [0.2, 0.25) is 0 Å². The van der Waals surface area contributed by atoms with Crippen LogP contribution in [0.25, 0.3) is 0 Å². The molecule has 2 nitrogen and oxygen atoms in total. The van der Waals surface area contributed by atoms with Crippen molar-refractivity contribution in [3.05, 3.63) is 29.8 Å². The highest BCUT2D eigenvalue weighted by molar-refractivity contribution is 5.27. The largest absolute Gasteiger partial charge is 0.493 e. The van der Waals surface area contributed by atoms with Gasteiger partial charge in [-0.05, 0) is 42.4 Å². The fraction of sp³-hybridized carbons (Fsp3) is 0.684. The molecule has 24 heavy (non-hydrogen) atoms. The number of halogens is 3. The van der Waals surface area contributed by atoms with Crippen molar-refractivity contribution in [2.45, 2.75) is 57.7 Å². The van der Waals surface area contributed by atoms with Gasteiger partial charge in [0.1, 0.15) is 5.75 Å². The van der Waals surface area contributed by atoms with Gasteiger partial charge in [-0.3, -0.25) is 0 Å². The van der Waals surface area contributed by atoms with E-state index in [1.54, 1.807) is 24.3 Å². The molecule has 5 heteroatoms. The third-order valence-electron chi connectivity index (χ3n) is 5.02. The fourth-order valence-corrected chi connectivity index (χ4v) is 3.29. The maximum atomic E-state index is 12.7. The van der Waals surface area contributed by atoms with Gasteiger partial charge in [0.2, 0.25) is 0 Å². The van der Waals surface area contributed by atoms with Gasteiger partial charge in [-0.15, -0.1) is 0 Å². The van der Waals surface area contributed by atoms with Crippen LogP contribution >= 0.6 is 0 Å². The van der Waals surface area contributed by atoms with Crippen molar-refractivity contribution in [1.82, 2.24) is 0 Å². The summed E-state index contributed by atoms with van der Waals surface area (Å²) in [5, 5.41) is 0. The molecule has 0 aromatic heterocycles. The van der Waals surface area contributed by atoms with Gasteiger partial charge in [0.05, 0.1) is 6.61 Å². The summed E-state index contributed by atoms with van der Waals surface area (Å²) >= 11 is 0. The van der Waals surface area contributed by atoms with Crippen LogP contribution in [0.1, 0.15) is 44.6 Å². The van der Waals surface area contributed by atoms with E-state index in [-0.39, 0.29) is 6.42 Å². The topological polar surface area (TPSA) is 18.5 Å². The van der Waals surface area contributed by atoms with Gasteiger partial charge in [0, 0.05) is 13.5 Å². The highest BCUT2D eigenvalue weighted by Gasteiger charge is 2.39. The summed E-state index contributed by atoms with van der Waals surface area (Å²) in [5.74, 6) is 2.18. The Kier molecular flexibility index (Phi) is 6.96. The van der Waals surface area contributed by atoms with Crippen LogP contribution in [-0.4, -0.2) is 26.0 Å². The van der Waals surface area contributed by atoms with Crippen LogP contribution in [0.15, 0.2) is 24.3 Å². The SMILES string of the molecule is CCC1CCC(COc2ccc(CC(OC)C(F)(F)F)cc2)CC1. The van der Waals surface area contributed by atoms with Gasteiger partial charge in [-0.2, -0.15) is 13.2 Å². The van der Waals surface area contributed by atoms with E-state index < -0.39 is 12.3 Å². The lowest BCUT2D eigenvalue weighted by molar-refractivity contribution is -0.212. The van der Waals surface area contributed by atoms with Crippen molar-refractivity contribution < 1.29 is 22.6 Å². The zero-order chi connectivity index (χ0) is 17.6. The first-order valence-corrected chi connectivity index (χ1v) is 8.73. The van der Waals surface area contributed by atoms with E-state index in [0.717, 1.165) is 18.8 Å². The molecule has 0 radical (unpaired) electrons. The molecule has 1 unspecified atom stereocenters. The summed E-state index contributed by atoms with van der Waals surface area (Å²) in [4.78, 5) is 0. The van der Waals surface area contributed by atoms with Crippen molar-refractivity contribution in [3.8, 4) is 5.75 Å². The van der Waals surface area contributed by atoms with Crippen LogP contribution in [0.5, 0.6) is 5.75 Å². The molecule has 1 aromatic rings. The van der Waals surface area contributed by atoms with Crippen molar-refractivity contribution in [3.63, 3.8) is 0 Å². The summed E-state index contributed by atoms with van der Waals surface area (Å²) in [6, 6.07) is 6.86. The lowest BCUT2D eigenvalue weighted by atomic mass is 9.81. The van der Waals surface area contributed by atoms with E-state index in [4.69, 9.17) is 4.74 Å². The van der Waals surface area contributed by atoms with Crippen molar-refractivity contribution >= 4 is 0 Å². The Morgan fingerprint density at radius 2 is 1.62 bits per heavy atom. The van der Waals surface area contributed by atoms with E-state index in [2.05, 4.69) is 11.7 Å². The highest BCUT2D eigenvalue weighted by atomic mass is 19.4. The second-order valence-corrected chi connectivity index (χ2v) is 6.72. The average Bonchev–Trinajstić information content (AvgIpc) is 2.58. The van der Waals surface area contributed by atoms with Gasteiger partial charge >= 0.3 is 6.18 Å². The number of methoxy groups -OCH3 is 1. The molecular weight excluding hydrogens is 317 g/mol. The number of benzene rings is 1. The maximum Gasteiger partial charge on any atom is 0.414 e. The van der Waals surface area contributed by atoms with E-state index in [9.17, 15) is 13.2 Å². The van der Waals surface area contributed by atoms with Crippen LogP contribution in [0.4, 0.5) is 13.2 Å². The molecule has 0 spiro atoms. The van der Waals surface area contributed by atoms with E-state index >= 15 is 0 Å². The van der Waals surface area contributed by atoms with Gasteiger partial charge in [-0.25, -0.2) is 0 Å². The Hall–Kier alpha value is -1.23. The minimum Gasteiger partial charge on any atom is -0.493 e. The van der Waals surface area contributed by atoms with E-state index in [1.165, 1.54) is 32.1 Å². The molecule has 0 aliphatic heterocycles. The minimum atomic E-state index is -4.35. The average molecular weight is 344 g/mol. The predicted octanol–water partition coefficient (Wildman–Crippen LogP) is 5.40. The van der Waals surface area contributed by atoms with Gasteiger partial charge in [0.25, 0.3) is 0 Å². The highest BCUT2D eigenvalue weighted by Crippen LogP contribution is 2.31. The first-order chi connectivity index (χ1) is 11.4. The number of hydrogen-bond donors (Lipinski definition) is 0. The number of alkyl halides is 3. The summed E-state index contributed by atoms with van der Waals surface area (Å²) < 4.78 is 48.5. The molecule has 1 saturated carbocycles. The molecule has 0 amide bonds. The molecule has 136 valence electrons. The molecule has 1 atom stereocenters. The zero-order valence-corrected chi connectivity index (χ0v) is 14.4. The molecule has 0 bridgehead atoms. The Morgan fingerprint density at radius 3 is 2.12 bits per heavy atom. The molecule has 1 aliphatic rings. The molecule has 2 rings (SSSR count). The van der Waals surface area contributed by atoms with E-state index in [1.807, 2.05) is 0 Å². The van der Waals surface area contributed by atoms with E-state index in [0.29, 0.717) is 18.1 Å². The quantitative estimate of drug-likeness (QED) is 0.659. The Balaban J connectivity index is 1.80. The van der Waals surface area contributed by atoms with Crippen LogP contribution in [-0.2, 0) is 11.2 Å². The summed E-state index contributed by atoms with van der Waals surface area (Å²) in [7, 11) is 1.09. The minimum absolute atomic E-state index is 0.179. The third kappa shape index (κ3) is 5.69. The van der Waals surface area contributed by atoms with Gasteiger partial charge in [0.15, 0.2) is 6.10 Å². The molecule has 1 fully saturated rings. The predicted molar refractivity (Wildman–Crippen MR) is 88.2 cm³/mol. The molecule has 0 saturated heterocycles. The molecular formula is C19H27F3O2. The van der Waals surface area contributed by atoms with Gasteiger partial charge in [-0.1, -0.05) is 38.3 Å². The third-order valence-corrected chi connectivity index (χ3v) is 5.02. The molecule has 0 N–H and O–H groups in total. The summed E-state index contributed by atoms with van der Waals surface area (Å²) in [6.45, 7) is 2.94. The summed E-state index contributed by atoms with van der Waals surface area (Å²) in [6.07, 6.45) is -0.0653. The first-order valence-electron chi connectivity index (χ1n) is 8.73. The molecule has 0 heterocycles. The zero-order valence-electron chi connectivity index (χ0n) is 14.4. The summed E-state index contributed by atoms with van der Waals surface area (Å²) in [5.41, 5.74) is 0.593. The lowest BCUT2D eigenvalue weighted by Crippen LogP contribution is -2.32. The number of rotatable bonds is 7. The monoisotopic (exact) mass is 344 g/mol. The van der Waals surface area contributed by atoms with Crippen LogP contribution < -0.4 is 4.74 Å². The fourth-order valence-electron chi connectivity index (χ4n) is 3.29. The van der Waals surface area contributed by atoms with Crippen molar-refractivity contribution in [2.75, 3.05) is 13.7 Å². The Labute approximate surface area is 142 Å². The Morgan fingerprint density at radius 1 is 1.04 bits per heavy atom. The number of hydrogen-bond acceptors (Lipinski definition) is 2. The smallest absolute Gasteiger partial charge is 0.414 e.